The molecule has 2 aromatic heterocycles. The Morgan fingerprint density at radius 2 is 1.91 bits per heavy atom. The average molecular weight is 317 g/mol. The second kappa shape index (κ2) is 7.24. The molecule has 0 unspecified atom stereocenters. The van der Waals surface area contributed by atoms with Gasteiger partial charge in [-0.2, -0.15) is 5.10 Å². The normalized spacial score (nSPS) is 14.9. The summed E-state index contributed by atoms with van der Waals surface area (Å²) >= 11 is 1.57. The van der Waals surface area contributed by atoms with Crippen molar-refractivity contribution in [3.05, 3.63) is 34.9 Å². The number of nitrogens with zero attached hydrogens (tertiary/aromatic N) is 4. The van der Waals surface area contributed by atoms with E-state index in [1.54, 1.807) is 11.8 Å². The van der Waals surface area contributed by atoms with Crippen molar-refractivity contribution < 1.29 is 0 Å². The molecule has 1 aliphatic rings. The second-order valence-corrected chi connectivity index (χ2v) is 6.71. The van der Waals surface area contributed by atoms with Gasteiger partial charge in [-0.25, -0.2) is 9.97 Å². The van der Waals surface area contributed by atoms with Crippen LogP contribution < -0.4 is 0 Å². The Morgan fingerprint density at radius 3 is 2.68 bits per heavy atom. The SMILES string of the molecule is CSc1ncc(CN(C)Cc2n[nH]c3c2CCCCC3)cn1. The molecular weight excluding hydrogens is 294 g/mol. The van der Waals surface area contributed by atoms with Crippen molar-refractivity contribution in [2.75, 3.05) is 13.3 Å². The molecule has 5 nitrogen and oxygen atoms in total. The zero-order valence-electron chi connectivity index (χ0n) is 13.3. The molecule has 0 amide bonds. The third-order valence-electron chi connectivity index (χ3n) is 4.13. The maximum atomic E-state index is 4.55. The zero-order valence-corrected chi connectivity index (χ0v) is 14.1. The Kier molecular flexibility index (Phi) is 5.10. The smallest absolute Gasteiger partial charge is 0.187 e. The number of hydrogen-bond donors (Lipinski definition) is 1. The minimum Gasteiger partial charge on any atom is -0.296 e. The first kappa shape index (κ1) is 15.5. The summed E-state index contributed by atoms with van der Waals surface area (Å²) in [6, 6.07) is 0. The summed E-state index contributed by atoms with van der Waals surface area (Å²) in [5.74, 6) is 0. The zero-order chi connectivity index (χ0) is 15.4. The minimum absolute atomic E-state index is 0.823. The van der Waals surface area contributed by atoms with E-state index in [0.29, 0.717) is 0 Å². The lowest BCUT2D eigenvalue weighted by Crippen LogP contribution is -2.18. The van der Waals surface area contributed by atoms with Crippen molar-refractivity contribution in [3.63, 3.8) is 0 Å². The van der Waals surface area contributed by atoms with Crippen molar-refractivity contribution in [2.45, 2.75) is 50.4 Å². The molecule has 2 aromatic rings. The van der Waals surface area contributed by atoms with Gasteiger partial charge in [0.05, 0.1) is 5.69 Å². The number of nitrogens with one attached hydrogen (secondary N) is 1. The van der Waals surface area contributed by atoms with E-state index >= 15 is 0 Å². The largest absolute Gasteiger partial charge is 0.296 e. The van der Waals surface area contributed by atoms with E-state index in [9.17, 15) is 0 Å². The van der Waals surface area contributed by atoms with Gasteiger partial charge in [-0.1, -0.05) is 18.2 Å². The fourth-order valence-corrected chi connectivity index (χ4v) is 3.33. The highest BCUT2D eigenvalue weighted by atomic mass is 32.2. The van der Waals surface area contributed by atoms with Crippen LogP contribution in [0.3, 0.4) is 0 Å². The molecule has 0 radical (unpaired) electrons. The fourth-order valence-electron chi connectivity index (χ4n) is 3.01. The van der Waals surface area contributed by atoms with Crippen LogP contribution in [0.15, 0.2) is 17.6 Å². The molecule has 0 spiro atoms. The molecular formula is C16H23N5S. The molecule has 22 heavy (non-hydrogen) atoms. The van der Waals surface area contributed by atoms with Crippen LogP contribution in [-0.2, 0) is 25.9 Å². The van der Waals surface area contributed by atoms with Gasteiger partial charge < -0.3 is 0 Å². The average Bonchev–Trinajstić information content (AvgIpc) is 2.75. The number of hydrogen-bond acceptors (Lipinski definition) is 5. The van der Waals surface area contributed by atoms with Crippen LogP contribution in [0.25, 0.3) is 0 Å². The first-order valence-corrected chi connectivity index (χ1v) is 9.07. The summed E-state index contributed by atoms with van der Waals surface area (Å²) in [4.78, 5) is 10.9. The monoisotopic (exact) mass is 317 g/mol. The van der Waals surface area contributed by atoms with Gasteiger partial charge in [0, 0.05) is 36.7 Å². The molecule has 0 fully saturated rings. The van der Waals surface area contributed by atoms with Crippen LogP contribution in [0.5, 0.6) is 0 Å². The highest BCUT2D eigenvalue weighted by Crippen LogP contribution is 2.22. The molecule has 0 aliphatic heterocycles. The Bertz CT molecular complexity index is 607. The molecule has 0 atom stereocenters. The Morgan fingerprint density at radius 1 is 1.14 bits per heavy atom. The molecule has 0 bridgehead atoms. The van der Waals surface area contributed by atoms with Gasteiger partial charge in [0.15, 0.2) is 5.16 Å². The summed E-state index contributed by atoms with van der Waals surface area (Å²) in [5, 5.41) is 8.62. The van der Waals surface area contributed by atoms with Gasteiger partial charge in [-0.15, -0.1) is 0 Å². The molecule has 0 aromatic carbocycles. The molecule has 118 valence electrons. The van der Waals surface area contributed by atoms with Crippen LogP contribution >= 0.6 is 11.8 Å². The Balaban J connectivity index is 1.64. The van der Waals surface area contributed by atoms with Crippen LogP contribution in [-0.4, -0.2) is 38.4 Å². The number of thioether (sulfide) groups is 1. The quantitative estimate of drug-likeness (QED) is 0.522. The van der Waals surface area contributed by atoms with Crippen molar-refractivity contribution in [3.8, 4) is 0 Å². The first-order valence-electron chi connectivity index (χ1n) is 7.84. The molecule has 3 rings (SSSR count). The van der Waals surface area contributed by atoms with Gasteiger partial charge in [-0.05, 0) is 44.6 Å². The number of aromatic nitrogens is 4. The van der Waals surface area contributed by atoms with E-state index in [2.05, 4.69) is 32.1 Å². The summed E-state index contributed by atoms with van der Waals surface area (Å²) in [6.07, 6.45) is 12.0. The topological polar surface area (TPSA) is 57.7 Å². The van der Waals surface area contributed by atoms with Crippen LogP contribution in [0.4, 0.5) is 0 Å². The lowest BCUT2D eigenvalue weighted by atomic mass is 10.1. The number of fused-ring (bicyclic) bond motifs is 1. The third-order valence-corrected chi connectivity index (χ3v) is 4.70. The lowest BCUT2D eigenvalue weighted by molar-refractivity contribution is 0.313. The summed E-state index contributed by atoms with van der Waals surface area (Å²) in [5.41, 5.74) is 5.16. The van der Waals surface area contributed by atoms with Gasteiger partial charge in [0.25, 0.3) is 0 Å². The van der Waals surface area contributed by atoms with Gasteiger partial charge in [0.2, 0.25) is 0 Å². The molecule has 6 heteroatoms. The van der Waals surface area contributed by atoms with Gasteiger partial charge in [0.1, 0.15) is 0 Å². The Hall–Kier alpha value is -1.40. The molecule has 2 heterocycles. The first-order chi connectivity index (χ1) is 10.8. The van der Waals surface area contributed by atoms with Crippen molar-refractivity contribution in [1.82, 2.24) is 25.1 Å². The van der Waals surface area contributed by atoms with E-state index in [0.717, 1.165) is 30.2 Å². The summed E-state index contributed by atoms with van der Waals surface area (Å²) in [6.45, 7) is 1.71. The third kappa shape index (κ3) is 3.67. The summed E-state index contributed by atoms with van der Waals surface area (Å²) < 4.78 is 0. The highest BCUT2D eigenvalue weighted by Gasteiger charge is 2.16. The predicted molar refractivity (Wildman–Crippen MR) is 88.8 cm³/mol. The standard InChI is InChI=1S/C16H23N5S/c1-21(10-12-8-17-16(22-2)18-9-12)11-15-13-6-4-3-5-7-14(13)19-20-15/h8-9H,3-7,10-11H2,1-2H3,(H,19,20). The van der Waals surface area contributed by atoms with E-state index in [4.69, 9.17) is 0 Å². The lowest BCUT2D eigenvalue weighted by Gasteiger charge is -2.16. The molecule has 0 saturated carbocycles. The fraction of sp³-hybridized carbons (Fsp3) is 0.562. The van der Waals surface area contributed by atoms with Crippen LogP contribution in [0, 0.1) is 0 Å². The number of aryl methyl sites for hydroxylation is 1. The predicted octanol–water partition coefficient (Wildman–Crippen LogP) is 2.82. The van der Waals surface area contributed by atoms with E-state index in [1.165, 1.54) is 42.6 Å². The molecule has 1 N–H and O–H groups in total. The van der Waals surface area contributed by atoms with E-state index < -0.39 is 0 Å². The van der Waals surface area contributed by atoms with E-state index in [1.807, 2.05) is 18.6 Å². The second-order valence-electron chi connectivity index (χ2n) is 5.94. The van der Waals surface area contributed by atoms with Gasteiger partial charge >= 0.3 is 0 Å². The summed E-state index contributed by atoms with van der Waals surface area (Å²) in [7, 11) is 2.13. The number of H-pyrrole nitrogens is 1. The molecule has 1 aliphatic carbocycles. The van der Waals surface area contributed by atoms with Crippen molar-refractivity contribution >= 4 is 11.8 Å². The van der Waals surface area contributed by atoms with Gasteiger partial charge in [-0.3, -0.25) is 10.00 Å². The van der Waals surface area contributed by atoms with Crippen molar-refractivity contribution in [2.24, 2.45) is 0 Å². The van der Waals surface area contributed by atoms with Crippen molar-refractivity contribution in [1.29, 1.82) is 0 Å². The van der Waals surface area contributed by atoms with Crippen LogP contribution in [0.1, 0.15) is 41.8 Å². The molecule has 0 saturated heterocycles. The number of aromatic amines is 1. The maximum absolute atomic E-state index is 4.55. The Labute approximate surface area is 135 Å². The highest BCUT2D eigenvalue weighted by molar-refractivity contribution is 7.98. The number of rotatable bonds is 5. The van der Waals surface area contributed by atoms with E-state index in [-0.39, 0.29) is 0 Å². The van der Waals surface area contributed by atoms with Crippen LogP contribution in [0.2, 0.25) is 0 Å². The maximum Gasteiger partial charge on any atom is 0.187 e. The minimum atomic E-state index is 0.823.